The second kappa shape index (κ2) is 12.8. The van der Waals surface area contributed by atoms with Crippen molar-refractivity contribution in [2.45, 2.75) is 59.5 Å². The Kier molecular flexibility index (Phi) is 12.3. The summed E-state index contributed by atoms with van der Waals surface area (Å²) in [4.78, 5) is 4.55. The highest BCUT2D eigenvalue weighted by Gasteiger charge is 2.02. The quantitative estimate of drug-likeness (QED) is 0.285. The topological polar surface area (TPSA) is 67.1 Å². The van der Waals surface area contributed by atoms with Crippen LogP contribution >= 0.6 is 24.0 Å². The van der Waals surface area contributed by atoms with E-state index in [1.54, 1.807) is 6.33 Å². The van der Waals surface area contributed by atoms with Crippen LogP contribution in [0.2, 0.25) is 0 Å². The molecule has 0 amide bonds. The maximum absolute atomic E-state index is 4.55. The maximum Gasteiger partial charge on any atom is 0.191 e. The number of aryl methyl sites for hydroxylation is 1. The van der Waals surface area contributed by atoms with Gasteiger partial charge in [0.25, 0.3) is 0 Å². The number of guanidine groups is 1. The molecule has 0 aliphatic carbocycles. The van der Waals surface area contributed by atoms with Crippen LogP contribution in [0.1, 0.15) is 52.3 Å². The summed E-state index contributed by atoms with van der Waals surface area (Å²) in [6, 6.07) is 0. The van der Waals surface area contributed by atoms with Crippen LogP contribution in [0, 0.1) is 0 Å². The molecule has 0 fully saturated rings. The maximum atomic E-state index is 4.55. The van der Waals surface area contributed by atoms with Gasteiger partial charge in [0, 0.05) is 19.6 Å². The summed E-state index contributed by atoms with van der Waals surface area (Å²) in [7, 11) is 0. The van der Waals surface area contributed by atoms with Gasteiger partial charge >= 0.3 is 0 Å². The van der Waals surface area contributed by atoms with Crippen molar-refractivity contribution >= 4 is 29.9 Å². The number of hydrogen-bond acceptors (Lipinski definition) is 3. The Hall–Kier alpha value is -0.860. The fourth-order valence-corrected chi connectivity index (χ4v) is 1.92. The Bertz CT molecular complexity index is 391. The van der Waals surface area contributed by atoms with E-state index in [9.17, 15) is 0 Å². The molecule has 0 atom stereocenters. The molecule has 21 heavy (non-hydrogen) atoms. The molecule has 1 aromatic rings. The van der Waals surface area contributed by atoms with Crippen LogP contribution in [0.25, 0.3) is 0 Å². The Labute approximate surface area is 145 Å². The van der Waals surface area contributed by atoms with Crippen LogP contribution in [0.5, 0.6) is 0 Å². The molecule has 0 aromatic carbocycles. The molecular weight excluding hydrogens is 379 g/mol. The first kappa shape index (κ1) is 20.1. The molecule has 0 saturated heterocycles. The highest BCUT2D eigenvalue weighted by Crippen LogP contribution is 1.98. The average molecular weight is 408 g/mol. The standard InChI is InChI=1S/C14H28N6.HI/c1-4-7-8-9-10-16-14(15-5-2)17-11-13-19-18-12-20(13)6-3;/h12H,4-11H2,1-3H3,(H2,15,16,17);1H. The van der Waals surface area contributed by atoms with Crippen LogP contribution in [0.4, 0.5) is 0 Å². The highest BCUT2D eigenvalue weighted by molar-refractivity contribution is 14.0. The van der Waals surface area contributed by atoms with Crippen LogP contribution in [-0.4, -0.2) is 33.8 Å². The molecular formula is C14H29IN6. The normalized spacial score (nSPS) is 11.1. The predicted octanol–water partition coefficient (Wildman–Crippen LogP) is 2.55. The second-order valence-electron chi connectivity index (χ2n) is 4.72. The van der Waals surface area contributed by atoms with E-state index in [4.69, 9.17) is 0 Å². The van der Waals surface area contributed by atoms with Crippen molar-refractivity contribution < 1.29 is 0 Å². The van der Waals surface area contributed by atoms with Gasteiger partial charge in [-0.15, -0.1) is 34.2 Å². The minimum Gasteiger partial charge on any atom is -0.357 e. The summed E-state index contributed by atoms with van der Waals surface area (Å²) in [5.74, 6) is 1.75. The largest absolute Gasteiger partial charge is 0.357 e. The van der Waals surface area contributed by atoms with E-state index in [-0.39, 0.29) is 24.0 Å². The third-order valence-corrected chi connectivity index (χ3v) is 3.08. The number of aliphatic imine (C=N–C) groups is 1. The summed E-state index contributed by atoms with van der Waals surface area (Å²) in [5.41, 5.74) is 0. The fraction of sp³-hybridized carbons (Fsp3) is 0.786. The lowest BCUT2D eigenvalue weighted by Gasteiger charge is -2.11. The van der Waals surface area contributed by atoms with E-state index in [1.165, 1.54) is 25.7 Å². The fourth-order valence-electron chi connectivity index (χ4n) is 1.92. The van der Waals surface area contributed by atoms with Gasteiger partial charge in [0.1, 0.15) is 12.9 Å². The molecule has 122 valence electrons. The van der Waals surface area contributed by atoms with Gasteiger partial charge in [0.05, 0.1) is 0 Å². The van der Waals surface area contributed by atoms with Crippen molar-refractivity contribution in [1.82, 2.24) is 25.4 Å². The molecule has 0 bridgehead atoms. The number of aromatic nitrogens is 3. The lowest BCUT2D eigenvalue weighted by molar-refractivity contribution is 0.645. The molecule has 0 aliphatic rings. The van der Waals surface area contributed by atoms with Gasteiger partial charge in [-0.3, -0.25) is 0 Å². The molecule has 0 aliphatic heterocycles. The molecule has 1 rings (SSSR count). The van der Waals surface area contributed by atoms with E-state index < -0.39 is 0 Å². The first-order chi connectivity index (χ1) is 9.81. The zero-order valence-corrected chi connectivity index (χ0v) is 15.8. The Balaban J connectivity index is 0.00000400. The highest BCUT2D eigenvalue weighted by atomic mass is 127. The number of nitrogens with zero attached hydrogens (tertiary/aromatic N) is 4. The van der Waals surface area contributed by atoms with Gasteiger partial charge in [-0.2, -0.15) is 0 Å². The van der Waals surface area contributed by atoms with Gasteiger partial charge in [0.15, 0.2) is 11.8 Å². The zero-order valence-electron chi connectivity index (χ0n) is 13.4. The summed E-state index contributed by atoms with van der Waals surface area (Å²) in [6.45, 7) is 9.63. The van der Waals surface area contributed by atoms with Gasteiger partial charge in [-0.1, -0.05) is 26.2 Å². The molecule has 2 N–H and O–H groups in total. The minimum absolute atomic E-state index is 0. The Morgan fingerprint density at radius 3 is 2.67 bits per heavy atom. The predicted molar refractivity (Wildman–Crippen MR) is 98.1 cm³/mol. The third kappa shape index (κ3) is 8.23. The van der Waals surface area contributed by atoms with Crippen molar-refractivity contribution in [3.05, 3.63) is 12.2 Å². The van der Waals surface area contributed by atoms with E-state index in [0.717, 1.165) is 31.4 Å². The number of rotatable bonds is 9. The third-order valence-electron chi connectivity index (χ3n) is 3.08. The van der Waals surface area contributed by atoms with Crippen molar-refractivity contribution in [2.75, 3.05) is 13.1 Å². The first-order valence-corrected chi connectivity index (χ1v) is 7.70. The lowest BCUT2D eigenvalue weighted by atomic mass is 10.2. The molecule has 6 nitrogen and oxygen atoms in total. The SMILES string of the molecule is CCCCCCNC(=NCc1nncn1CC)NCC.I. The monoisotopic (exact) mass is 408 g/mol. The van der Waals surface area contributed by atoms with Crippen LogP contribution in [0.15, 0.2) is 11.3 Å². The number of nitrogens with one attached hydrogen (secondary N) is 2. The van der Waals surface area contributed by atoms with Crippen molar-refractivity contribution in [3.8, 4) is 0 Å². The summed E-state index contributed by atoms with van der Waals surface area (Å²) >= 11 is 0. The average Bonchev–Trinajstić information content (AvgIpc) is 2.91. The van der Waals surface area contributed by atoms with Crippen molar-refractivity contribution in [1.29, 1.82) is 0 Å². The van der Waals surface area contributed by atoms with Gasteiger partial charge in [0.2, 0.25) is 0 Å². The Morgan fingerprint density at radius 2 is 2.00 bits per heavy atom. The van der Waals surface area contributed by atoms with Crippen LogP contribution < -0.4 is 10.6 Å². The molecule has 1 aromatic heterocycles. The Morgan fingerprint density at radius 1 is 1.19 bits per heavy atom. The zero-order chi connectivity index (χ0) is 14.6. The first-order valence-electron chi connectivity index (χ1n) is 7.70. The summed E-state index contributed by atoms with van der Waals surface area (Å²) in [6.07, 6.45) is 6.77. The van der Waals surface area contributed by atoms with Crippen LogP contribution in [-0.2, 0) is 13.1 Å². The summed E-state index contributed by atoms with van der Waals surface area (Å²) < 4.78 is 2.01. The molecule has 7 heteroatoms. The van der Waals surface area contributed by atoms with E-state index in [0.29, 0.717) is 6.54 Å². The van der Waals surface area contributed by atoms with E-state index in [2.05, 4.69) is 46.6 Å². The van der Waals surface area contributed by atoms with Crippen molar-refractivity contribution in [2.24, 2.45) is 4.99 Å². The molecule has 0 unspecified atom stereocenters. The molecule has 0 saturated carbocycles. The van der Waals surface area contributed by atoms with Gasteiger partial charge in [-0.05, 0) is 20.3 Å². The second-order valence-corrected chi connectivity index (χ2v) is 4.72. The van der Waals surface area contributed by atoms with Crippen molar-refractivity contribution in [3.63, 3.8) is 0 Å². The molecule has 1 heterocycles. The van der Waals surface area contributed by atoms with Gasteiger partial charge < -0.3 is 15.2 Å². The summed E-state index contributed by atoms with van der Waals surface area (Å²) in [5, 5.41) is 14.6. The molecule has 0 radical (unpaired) electrons. The van der Waals surface area contributed by atoms with E-state index >= 15 is 0 Å². The number of unbranched alkanes of at least 4 members (excludes halogenated alkanes) is 3. The minimum atomic E-state index is 0. The smallest absolute Gasteiger partial charge is 0.191 e. The number of halogens is 1. The van der Waals surface area contributed by atoms with Crippen LogP contribution in [0.3, 0.4) is 0 Å². The number of hydrogen-bond donors (Lipinski definition) is 2. The lowest BCUT2D eigenvalue weighted by Crippen LogP contribution is -2.37. The van der Waals surface area contributed by atoms with E-state index in [1.807, 2.05) is 4.57 Å². The molecule has 0 spiro atoms. The van der Waals surface area contributed by atoms with Gasteiger partial charge in [-0.25, -0.2) is 4.99 Å².